The molecule has 17 heavy (non-hydrogen) atoms. The number of rotatable bonds is 3. The molecule has 0 aliphatic carbocycles. The highest BCUT2D eigenvalue weighted by atomic mass is 16.5. The Bertz CT molecular complexity index is 367. The molecule has 4 nitrogen and oxygen atoms in total. The lowest BCUT2D eigenvalue weighted by molar-refractivity contribution is -0.120. The van der Waals surface area contributed by atoms with Crippen molar-refractivity contribution in [3.63, 3.8) is 0 Å². The van der Waals surface area contributed by atoms with E-state index in [0.29, 0.717) is 13.0 Å². The summed E-state index contributed by atoms with van der Waals surface area (Å²) < 4.78 is 5.55. The molecule has 1 aromatic rings. The molecule has 0 bridgehead atoms. The van der Waals surface area contributed by atoms with Crippen LogP contribution in [-0.4, -0.2) is 43.7 Å². The molecule has 1 aromatic carbocycles. The van der Waals surface area contributed by atoms with Crippen LogP contribution in [0.15, 0.2) is 30.3 Å². The third-order valence-corrected chi connectivity index (χ3v) is 2.81. The van der Waals surface area contributed by atoms with Crippen molar-refractivity contribution in [2.24, 2.45) is 0 Å². The number of amides is 1. The standard InChI is InChI=1S/C13H18N2O2/c1-15-7-8-17-12(10-15)9-13(16)14-11-5-3-2-4-6-11/h2-6,12H,7-10H2,1H3,(H,14,16). The SMILES string of the molecule is CN1CCOC(CC(=O)Nc2ccccc2)C1. The zero-order chi connectivity index (χ0) is 12.1. The van der Waals surface area contributed by atoms with E-state index in [1.807, 2.05) is 37.4 Å². The summed E-state index contributed by atoms with van der Waals surface area (Å²) in [7, 11) is 2.05. The first kappa shape index (κ1) is 12.1. The third-order valence-electron chi connectivity index (χ3n) is 2.81. The van der Waals surface area contributed by atoms with E-state index in [0.717, 1.165) is 18.8 Å². The Balaban J connectivity index is 1.81. The van der Waals surface area contributed by atoms with Crippen LogP contribution >= 0.6 is 0 Å². The van der Waals surface area contributed by atoms with Crippen LogP contribution in [0.25, 0.3) is 0 Å². The first-order valence-corrected chi connectivity index (χ1v) is 5.89. The number of nitrogens with zero attached hydrogens (tertiary/aromatic N) is 1. The Morgan fingerprint density at radius 1 is 1.47 bits per heavy atom. The Morgan fingerprint density at radius 3 is 2.94 bits per heavy atom. The van der Waals surface area contributed by atoms with Crippen molar-refractivity contribution in [1.82, 2.24) is 4.90 Å². The van der Waals surface area contributed by atoms with Crippen molar-refractivity contribution >= 4 is 11.6 Å². The smallest absolute Gasteiger partial charge is 0.227 e. The number of nitrogens with one attached hydrogen (secondary N) is 1. The van der Waals surface area contributed by atoms with E-state index in [1.54, 1.807) is 0 Å². The molecule has 1 amide bonds. The van der Waals surface area contributed by atoms with E-state index >= 15 is 0 Å². The van der Waals surface area contributed by atoms with Gasteiger partial charge in [-0.25, -0.2) is 0 Å². The fourth-order valence-corrected chi connectivity index (χ4v) is 1.93. The molecule has 1 heterocycles. The summed E-state index contributed by atoms with van der Waals surface area (Å²) in [4.78, 5) is 14.0. The molecular formula is C13H18N2O2. The summed E-state index contributed by atoms with van der Waals surface area (Å²) >= 11 is 0. The highest BCUT2D eigenvalue weighted by molar-refractivity contribution is 5.90. The fraction of sp³-hybridized carbons (Fsp3) is 0.462. The minimum Gasteiger partial charge on any atom is -0.375 e. The van der Waals surface area contributed by atoms with E-state index in [2.05, 4.69) is 10.2 Å². The molecule has 1 aliphatic rings. The second kappa shape index (κ2) is 5.80. The van der Waals surface area contributed by atoms with Gasteiger partial charge in [-0.2, -0.15) is 0 Å². The van der Waals surface area contributed by atoms with Gasteiger partial charge in [0.1, 0.15) is 0 Å². The molecule has 1 aliphatic heterocycles. The van der Waals surface area contributed by atoms with Crippen molar-refractivity contribution in [2.75, 3.05) is 32.1 Å². The van der Waals surface area contributed by atoms with Crippen LogP contribution in [0.3, 0.4) is 0 Å². The second-order valence-electron chi connectivity index (χ2n) is 4.37. The first-order chi connectivity index (χ1) is 8.24. The van der Waals surface area contributed by atoms with Crippen molar-refractivity contribution < 1.29 is 9.53 Å². The maximum absolute atomic E-state index is 11.8. The van der Waals surface area contributed by atoms with Gasteiger partial charge < -0.3 is 15.0 Å². The number of ether oxygens (including phenoxy) is 1. The molecule has 1 unspecified atom stereocenters. The van der Waals surface area contributed by atoms with Crippen LogP contribution in [0, 0.1) is 0 Å². The molecule has 0 spiro atoms. The Labute approximate surface area is 102 Å². The normalized spacial score (nSPS) is 21.1. The lowest BCUT2D eigenvalue weighted by Crippen LogP contribution is -2.41. The summed E-state index contributed by atoms with van der Waals surface area (Å²) in [5.41, 5.74) is 0.835. The van der Waals surface area contributed by atoms with Crippen molar-refractivity contribution in [3.8, 4) is 0 Å². The van der Waals surface area contributed by atoms with Crippen LogP contribution in [0.1, 0.15) is 6.42 Å². The van der Waals surface area contributed by atoms with Gasteiger partial charge in [-0.3, -0.25) is 4.79 Å². The molecule has 0 aromatic heterocycles. The van der Waals surface area contributed by atoms with E-state index in [4.69, 9.17) is 4.74 Å². The fourth-order valence-electron chi connectivity index (χ4n) is 1.93. The molecule has 0 radical (unpaired) electrons. The largest absolute Gasteiger partial charge is 0.375 e. The summed E-state index contributed by atoms with van der Waals surface area (Å²) in [6.07, 6.45) is 0.427. The molecule has 2 rings (SSSR count). The summed E-state index contributed by atoms with van der Waals surface area (Å²) in [5.74, 6) is 0.0106. The zero-order valence-electron chi connectivity index (χ0n) is 10.1. The predicted molar refractivity (Wildman–Crippen MR) is 66.9 cm³/mol. The lowest BCUT2D eigenvalue weighted by atomic mass is 10.2. The molecule has 1 N–H and O–H groups in total. The van der Waals surface area contributed by atoms with Gasteiger partial charge in [-0.15, -0.1) is 0 Å². The first-order valence-electron chi connectivity index (χ1n) is 5.89. The predicted octanol–water partition coefficient (Wildman–Crippen LogP) is 1.35. The third kappa shape index (κ3) is 3.84. The summed E-state index contributed by atoms with van der Waals surface area (Å²) in [6, 6.07) is 9.49. The quantitative estimate of drug-likeness (QED) is 0.858. The van der Waals surface area contributed by atoms with Gasteiger partial charge in [0.05, 0.1) is 19.1 Å². The molecule has 4 heteroatoms. The lowest BCUT2D eigenvalue weighted by Gasteiger charge is -2.29. The van der Waals surface area contributed by atoms with Gasteiger partial charge in [-0.1, -0.05) is 18.2 Å². The molecule has 1 saturated heterocycles. The van der Waals surface area contributed by atoms with Gasteiger partial charge in [0, 0.05) is 18.8 Å². The van der Waals surface area contributed by atoms with Crippen LogP contribution < -0.4 is 5.32 Å². The number of para-hydroxylation sites is 1. The van der Waals surface area contributed by atoms with Crippen LogP contribution in [0.2, 0.25) is 0 Å². The van der Waals surface area contributed by atoms with E-state index in [1.165, 1.54) is 0 Å². The number of carbonyl (C=O) groups excluding carboxylic acids is 1. The number of benzene rings is 1. The van der Waals surface area contributed by atoms with Gasteiger partial charge in [-0.05, 0) is 19.2 Å². The number of anilines is 1. The molecule has 1 fully saturated rings. The van der Waals surface area contributed by atoms with E-state index in [9.17, 15) is 4.79 Å². The topological polar surface area (TPSA) is 41.6 Å². The Kier molecular flexibility index (Phi) is 4.12. The zero-order valence-corrected chi connectivity index (χ0v) is 10.1. The van der Waals surface area contributed by atoms with Crippen LogP contribution in [-0.2, 0) is 9.53 Å². The number of likely N-dealkylation sites (N-methyl/N-ethyl adjacent to an activating group) is 1. The maximum Gasteiger partial charge on any atom is 0.227 e. The second-order valence-corrected chi connectivity index (χ2v) is 4.37. The molecule has 92 valence electrons. The number of hydrogen-bond donors (Lipinski definition) is 1. The van der Waals surface area contributed by atoms with E-state index in [-0.39, 0.29) is 12.0 Å². The number of hydrogen-bond acceptors (Lipinski definition) is 3. The average molecular weight is 234 g/mol. The number of carbonyl (C=O) groups is 1. The van der Waals surface area contributed by atoms with Crippen LogP contribution in [0.5, 0.6) is 0 Å². The highest BCUT2D eigenvalue weighted by Gasteiger charge is 2.20. The summed E-state index contributed by atoms with van der Waals surface area (Å²) in [5, 5.41) is 2.87. The minimum atomic E-state index is 0.0106. The van der Waals surface area contributed by atoms with Crippen molar-refractivity contribution in [2.45, 2.75) is 12.5 Å². The van der Waals surface area contributed by atoms with Crippen molar-refractivity contribution in [1.29, 1.82) is 0 Å². The Hall–Kier alpha value is -1.39. The average Bonchev–Trinajstić information content (AvgIpc) is 2.30. The van der Waals surface area contributed by atoms with Gasteiger partial charge in [0.25, 0.3) is 0 Å². The number of morpholine rings is 1. The molecular weight excluding hydrogens is 216 g/mol. The summed E-state index contributed by atoms with van der Waals surface area (Å²) in [6.45, 7) is 2.47. The molecule has 1 atom stereocenters. The van der Waals surface area contributed by atoms with Gasteiger partial charge in [0.2, 0.25) is 5.91 Å². The van der Waals surface area contributed by atoms with E-state index < -0.39 is 0 Å². The maximum atomic E-state index is 11.8. The van der Waals surface area contributed by atoms with Crippen LogP contribution in [0.4, 0.5) is 5.69 Å². The Morgan fingerprint density at radius 2 is 2.24 bits per heavy atom. The van der Waals surface area contributed by atoms with Crippen molar-refractivity contribution in [3.05, 3.63) is 30.3 Å². The minimum absolute atomic E-state index is 0.0106. The monoisotopic (exact) mass is 234 g/mol. The molecule has 0 saturated carbocycles. The highest BCUT2D eigenvalue weighted by Crippen LogP contribution is 2.10. The van der Waals surface area contributed by atoms with Gasteiger partial charge in [0.15, 0.2) is 0 Å². The van der Waals surface area contributed by atoms with Gasteiger partial charge >= 0.3 is 0 Å².